The molecule has 0 spiro atoms. The van der Waals surface area contributed by atoms with E-state index in [9.17, 15) is 4.79 Å². The zero-order valence-electron chi connectivity index (χ0n) is 10.0. The standard InChI is InChI=1S/C13H17NO.H2S/c1-9(2)13(15)14-10(3)8-11-6-4-5-7-12(11)14;/h4-7,9-10H,8H2,1-3H3;1H2/t10-;/m1./s1. The number of carbonyl (C=O) groups excluding carboxylic acids is 1. The van der Waals surface area contributed by atoms with Crippen molar-refractivity contribution >= 4 is 25.1 Å². The zero-order chi connectivity index (χ0) is 11.0. The van der Waals surface area contributed by atoms with Gasteiger partial charge in [0, 0.05) is 17.6 Å². The first-order chi connectivity index (χ1) is 7.11. The highest BCUT2D eigenvalue weighted by molar-refractivity contribution is 7.59. The lowest BCUT2D eigenvalue weighted by Gasteiger charge is -2.24. The van der Waals surface area contributed by atoms with E-state index in [1.807, 2.05) is 36.9 Å². The van der Waals surface area contributed by atoms with Crippen LogP contribution in [0.1, 0.15) is 26.3 Å². The summed E-state index contributed by atoms with van der Waals surface area (Å²) in [5, 5.41) is 0. The molecular formula is C13H19NOS. The number of hydrogen-bond acceptors (Lipinski definition) is 1. The second-order valence-corrected chi connectivity index (χ2v) is 4.54. The lowest BCUT2D eigenvalue weighted by Crippen LogP contribution is -2.38. The molecule has 0 radical (unpaired) electrons. The van der Waals surface area contributed by atoms with Crippen LogP contribution in [0.3, 0.4) is 0 Å². The van der Waals surface area contributed by atoms with Crippen molar-refractivity contribution in [2.24, 2.45) is 5.92 Å². The highest BCUT2D eigenvalue weighted by atomic mass is 32.1. The molecule has 0 aromatic heterocycles. The maximum absolute atomic E-state index is 12.0. The normalized spacial score (nSPS) is 18.2. The number of rotatable bonds is 1. The molecule has 1 aromatic rings. The number of carbonyl (C=O) groups is 1. The first-order valence-corrected chi connectivity index (χ1v) is 5.52. The molecule has 0 saturated heterocycles. The van der Waals surface area contributed by atoms with Gasteiger partial charge in [-0.3, -0.25) is 4.79 Å². The Kier molecular flexibility index (Phi) is 4.03. The predicted molar refractivity (Wildman–Crippen MR) is 72.3 cm³/mol. The van der Waals surface area contributed by atoms with Crippen LogP contribution in [0.2, 0.25) is 0 Å². The predicted octanol–water partition coefficient (Wildman–Crippen LogP) is 2.73. The SMILES string of the molecule is CC(C)C(=O)N1c2ccccc2C[C@H]1C.S. The van der Waals surface area contributed by atoms with Crippen LogP contribution in [-0.4, -0.2) is 11.9 Å². The molecule has 1 aromatic carbocycles. The number of hydrogen-bond donors (Lipinski definition) is 0. The van der Waals surface area contributed by atoms with Crippen LogP contribution in [-0.2, 0) is 11.2 Å². The summed E-state index contributed by atoms with van der Waals surface area (Å²) >= 11 is 0. The van der Waals surface area contributed by atoms with Gasteiger partial charge in [0.25, 0.3) is 0 Å². The number of anilines is 1. The van der Waals surface area contributed by atoms with Gasteiger partial charge in [0.15, 0.2) is 0 Å². The largest absolute Gasteiger partial charge is 0.309 e. The van der Waals surface area contributed by atoms with E-state index >= 15 is 0 Å². The van der Waals surface area contributed by atoms with E-state index in [1.165, 1.54) is 5.56 Å². The fourth-order valence-corrected chi connectivity index (χ4v) is 2.18. The smallest absolute Gasteiger partial charge is 0.229 e. The van der Waals surface area contributed by atoms with Gasteiger partial charge in [-0.1, -0.05) is 32.0 Å². The van der Waals surface area contributed by atoms with Crippen molar-refractivity contribution in [1.82, 2.24) is 0 Å². The molecule has 0 fully saturated rings. The van der Waals surface area contributed by atoms with Crippen molar-refractivity contribution in [2.75, 3.05) is 4.90 Å². The Morgan fingerprint density at radius 3 is 2.62 bits per heavy atom. The van der Waals surface area contributed by atoms with Gasteiger partial charge in [-0.25, -0.2) is 0 Å². The molecule has 0 unspecified atom stereocenters. The molecule has 1 amide bonds. The molecule has 0 N–H and O–H groups in total. The van der Waals surface area contributed by atoms with Gasteiger partial charge >= 0.3 is 0 Å². The second-order valence-electron chi connectivity index (χ2n) is 4.54. The van der Waals surface area contributed by atoms with Gasteiger partial charge in [-0.15, -0.1) is 0 Å². The first kappa shape index (κ1) is 13.1. The fourth-order valence-electron chi connectivity index (χ4n) is 2.18. The Morgan fingerprint density at radius 1 is 1.38 bits per heavy atom. The molecule has 3 heteroatoms. The monoisotopic (exact) mass is 237 g/mol. The third kappa shape index (κ3) is 2.09. The first-order valence-electron chi connectivity index (χ1n) is 5.52. The van der Waals surface area contributed by atoms with Crippen molar-refractivity contribution in [3.8, 4) is 0 Å². The summed E-state index contributed by atoms with van der Waals surface area (Å²) in [6.07, 6.45) is 0.981. The van der Waals surface area contributed by atoms with Gasteiger partial charge in [-0.2, -0.15) is 13.5 Å². The van der Waals surface area contributed by atoms with E-state index in [1.54, 1.807) is 0 Å². The fraction of sp³-hybridized carbons (Fsp3) is 0.462. The summed E-state index contributed by atoms with van der Waals surface area (Å²) in [5.41, 5.74) is 2.39. The molecule has 1 aliphatic heterocycles. The Bertz CT molecular complexity index is 389. The minimum atomic E-state index is 0. The molecular weight excluding hydrogens is 218 g/mol. The Balaban J connectivity index is 0.00000128. The van der Waals surface area contributed by atoms with Crippen LogP contribution >= 0.6 is 13.5 Å². The van der Waals surface area contributed by atoms with Gasteiger partial charge in [0.2, 0.25) is 5.91 Å². The van der Waals surface area contributed by atoms with E-state index in [0.717, 1.165) is 12.1 Å². The summed E-state index contributed by atoms with van der Waals surface area (Å²) in [6, 6.07) is 8.49. The topological polar surface area (TPSA) is 20.3 Å². The molecule has 2 nitrogen and oxygen atoms in total. The van der Waals surface area contributed by atoms with E-state index in [-0.39, 0.29) is 25.3 Å². The minimum absolute atomic E-state index is 0. The summed E-state index contributed by atoms with van der Waals surface area (Å²) < 4.78 is 0. The van der Waals surface area contributed by atoms with E-state index in [2.05, 4.69) is 13.0 Å². The number of nitrogens with zero attached hydrogens (tertiary/aromatic N) is 1. The van der Waals surface area contributed by atoms with Gasteiger partial charge < -0.3 is 4.90 Å². The highest BCUT2D eigenvalue weighted by Crippen LogP contribution is 2.32. The van der Waals surface area contributed by atoms with Gasteiger partial charge in [-0.05, 0) is 25.0 Å². The maximum atomic E-state index is 12.0. The quantitative estimate of drug-likeness (QED) is 0.735. The Hall–Kier alpha value is -0.960. The number of fused-ring (bicyclic) bond motifs is 1. The minimum Gasteiger partial charge on any atom is -0.309 e. The molecule has 1 heterocycles. The van der Waals surface area contributed by atoms with Crippen molar-refractivity contribution in [1.29, 1.82) is 0 Å². The van der Waals surface area contributed by atoms with Crippen molar-refractivity contribution in [3.05, 3.63) is 29.8 Å². The van der Waals surface area contributed by atoms with Crippen LogP contribution in [0.25, 0.3) is 0 Å². The molecule has 2 rings (SSSR count). The third-order valence-corrected chi connectivity index (χ3v) is 2.94. The van der Waals surface area contributed by atoms with Crippen LogP contribution in [0, 0.1) is 5.92 Å². The average Bonchev–Trinajstić information content (AvgIpc) is 2.52. The van der Waals surface area contributed by atoms with Crippen molar-refractivity contribution < 1.29 is 4.79 Å². The summed E-state index contributed by atoms with van der Waals surface area (Å²) in [5.74, 6) is 0.297. The maximum Gasteiger partial charge on any atom is 0.229 e. The lowest BCUT2D eigenvalue weighted by atomic mass is 10.1. The highest BCUT2D eigenvalue weighted by Gasteiger charge is 2.31. The molecule has 1 aliphatic rings. The Labute approximate surface area is 104 Å². The van der Waals surface area contributed by atoms with Crippen LogP contribution in [0.15, 0.2) is 24.3 Å². The number of benzene rings is 1. The van der Waals surface area contributed by atoms with E-state index < -0.39 is 0 Å². The number of para-hydroxylation sites is 1. The summed E-state index contributed by atoms with van der Waals surface area (Å²) in [6.45, 7) is 6.02. The van der Waals surface area contributed by atoms with Crippen molar-refractivity contribution in [2.45, 2.75) is 33.2 Å². The molecule has 0 bridgehead atoms. The van der Waals surface area contributed by atoms with Crippen LogP contribution in [0.5, 0.6) is 0 Å². The second kappa shape index (κ2) is 4.91. The summed E-state index contributed by atoms with van der Waals surface area (Å²) in [4.78, 5) is 14.0. The molecule has 0 saturated carbocycles. The van der Waals surface area contributed by atoms with E-state index in [0.29, 0.717) is 6.04 Å². The van der Waals surface area contributed by atoms with Crippen LogP contribution in [0.4, 0.5) is 5.69 Å². The molecule has 0 aliphatic carbocycles. The summed E-state index contributed by atoms with van der Waals surface area (Å²) in [7, 11) is 0. The lowest BCUT2D eigenvalue weighted by molar-refractivity contribution is -0.121. The molecule has 16 heavy (non-hydrogen) atoms. The van der Waals surface area contributed by atoms with E-state index in [4.69, 9.17) is 0 Å². The van der Waals surface area contributed by atoms with Crippen molar-refractivity contribution in [3.63, 3.8) is 0 Å². The molecule has 88 valence electrons. The zero-order valence-corrected chi connectivity index (χ0v) is 11.0. The van der Waals surface area contributed by atoms with Crippen LogP contribution < -0.4 is 4.90 Å². The van der Waals surface area contributed by atoms with Gasteiger partial charge in [0.05, 0.1) is 0 Å². The Morgan fingerprint density at radius 2 is 2.00 bits per heavy atom. The average molecular weight is 237 g/mol. The number of amides is 1. The third-order valence-electron chi connectivity index (χ3n) is 2.94. The molecule has 1 atom stereocenters. The van der Waals surface area contributed by atoms with Gasteiger partial charge in [0.1, 0.15) is 0 Å².